The zero-order valence-corrected chi connectivity index (χ0v) is 17.5. The Bertz CT molecular complexity index is 1340. The van der Waals surface area contributed by atoms with Crippen molar-refractivity contribution in [3.63, 3.8) is 0 Å². The summed E-state index contributed by atoms with van der Waals surface area (Å²) in [5, 5.41) is 1.72. The van der Waals surface area contributed by atoms with Gasteiger partial charge in [-0.3, -0.25) is 9.59 Å². The maximum absolute atomic E-state index is 13.0. The molecule has 0 spiro atoms. The molecule has 0 unspecified atom stereocenters. The van der Waals surface area contributed by atoms with Gasteiger partial charge in [0.15, 0.2) is 0 Å². The Kier molecular flexibility index (Phi) is 4.60. The van der Waals surface area contributed by atoms with E-state index in [1.54, 1.807) is 19.4 Å². The van der Waals surface area contributed by atoms with Gasteiger partial charge in [0.1, 0.15) is 10.3 Å². The van der Waals surface area contributed by atoms with Crippen LogP contribution in [0.4, 0.5) is 0 Å². The number of morpholine rings is 1. The van der Waals surface area contributed by atoms with Gasteiger partial charge >= 0.3 is 0 Å². The van der Waals surface area contributed by atoms with E-state index >= 15 is 0 Å². The first kappa shape index (κ1) is 18.9. The van der Waals surface area contributed by atoms with Crippen LogP contribution < -0.4 is 5.56 Å². The molecule has 1 atom stereocenters. The van der Waals surface area contributed by atoms with Gasteiger partial charge in [-0.25, -0.2) is 9.97 Å². The van der Waals surface area contributed by atoms with E-state index in [1.807, 2.05) is 42.2 Å². The van der Waals surface area contributed by atoms with Crippen LogP contribution in [0.1, 0.15) is 16.6 Å². The number of aryl methyl sites for hydroxylation is 1. The van der Waals surface area contributed by atoms with Crippen molar-refractivity contribution >= 4 is 38.4 Å². The summed E-state index contributed by atoms with van der Waals surface area (Å²) < 4.78 is 6.95. The molecule has 1 aliphatic heterocycles. The monoisotopic (exact) mass is 420 g/mol. The van der Waals surface area contributed by atoms with Crippen LogP contribution in [-0.4, -0.2) is 51.1 Å². The quantitative estimate of drug-likeness (QED) is 0.498. The molecule has 0 bridgehead atoms. The predicted molar refractivity (Wildman–Crippen MR) is 117 cm³/mol. The highest BCUT2D eigenvalue weighted by Crippen LogP contribution is 2.29. The molecule has 1 fully saturated rings. The number of rotatable bonds is 2. The molecule has 0 N–H and O–H groups in total. The van der Waals surface area contributed by atoms with Crippen LogP contribution in [-0.2, 0) is 11.8 Å². The van der Waals surface area contributed by atoms with E-state index in [0.29, 0.717) is 30.2 Å². The Morgan fingerprint density at radius 2 is 2.10 bits per heavy atom. The van der Waals surface area contributed by atoms with Gasteiger partial charge in [0, 0.05) is 42.3 Å². The predicted octanol–water partition coefficient (Wildman–Crippen LogP) is 3.07. The molecule has 30 heavy (non-hydrogen) atoms. The van der Waals surface area contributed by atoms with Crippen molar-refractivity contribution in [2.45, 2.75) is 13.0 Å². The Morgan fingerprint density at radius 1 is 1.23 bits per heavy atom. The van der Waals surface area contributed by atoms with Crippen LogP contribution in [0.3, 0.4) is 0 Å². The minimum absolute atomic E-state index is 0.0265. The zero-order chi connectivity index (χ0) is 20.8. The molecule has 7 nitrogen and oxygen atoms in total. The SMILES string of the molecule is C[C@H]1COCCN1C(=O)c1cc2ccc(-c3cnc4c(=O)n(C)ccc4c3)nc2s1. The van der Waals surface area contributed by atoms with E-state index in [9.17, 15) is 9.59 Å². The summed E-state index contributed by atoms with van der Waals surface area (Å²) in [6.45, 7) is 3.74. The minimum Gasteiger partial charge on any atom is -0.377 e. The molecule has 0 aliphatic carbocycles. The van der Waals surface area contributed by atoms with Gasteiger partial charge in [-0.05, 0) is 37.3 Å². The third-order valence-corrected chi connectivity index (χ3v) is 6.47. The van der Waals surface area contributed by atoms with E-state index in [2.05, 4.69) is 4.98 Å². The smallest absolute Gasteiger partial charge is 0.276 e. The second kappa shape index (κ2) is 7.30. The third kappa shape index (κ3) is 3.18. The first-order valence-corrected chi connectivity index (χ1v) is 10.6. The second-order valence-corrected chi connectivity index (χ2v) is 8.55. The fourth-order valence-corrected chi connectivity index (χ4v) is 4.70. The van der Waals surface area contributed by atoms with Gasteiger partial charge in [0.25, 0.3) is 11.5 Å². The second-order valence-electron chi connectivity index (χ2n) is 7.52. The van der Waals surface area contributed by atoms with Crippen LogP contribution in [0.2, 0.25) is 0 Å². The summed E-state index contributed by atoms with van der Waals surface area (Å²) in [7, 11) is 1.71. The Balaban J connectivity index is 1.51. The van der Waals surface area contributed by atoms with Gasteiger partial charge in [0.2, 0.25) is 0 Å². The molecular weight excluding hydrogens is 400 g/mol. The van der Waals surface area contributed by atoms with Crippen molar-refractivity contribution in [2.24, 2.45) is 7.05 Å². The number of fused-ring (bicyclic) bond motifs is 2. The Labute approximate surface area is 176 Å². The maximum Gasteiger partial charge on any atom is 0.276 e. The summed E-state index contributed by atoms with van der Waals surface area (Å²) >= 11 is 1.40. The number of thiophene rings is 1. The van der Waals surface area contributed by atoms with Crippen molar-refractivity contribution in [2.75, 3.05) is 19.8 Å². The van der Waals surface area contributed by atoms with Gasteiger partial charge in [-0.1, -0.05) is 0 Å². The lowest BCUT2D eigenvalue weighted by Crippen LogP contribution is -2.46. The molecule has 5 rings (SSSR count). The van der Waals surface area contributed by atoms with Crippen LogP contribution in [0, 0.1) is 0 Å². The summed E-state index contributed by atoms with van der Waals surface area (Å²) in [5.41, 5.74) is 1.91. The number of ether oxygens (including phenoxy) is 1. The summed E-state index contributed by atoms with van der Waals surface area (Å²) in [5.74, 6) is 0.0265. The topological polar surface area (TPSA) is 77.3 Å². The third-order valence-electron chi connectivity index (χ3n) is 5.44. The largest absolute Gasteiger partial charge is 0.377 e. The van der Waals surface area contributed by atoms with Crippen molar-refractivity contribution in [1.29, 1.82) is 0 Å². The number of pyridine rings is 3. The standard InChI is InChI=1S/C22H20N4O3S/c1-13-12-29-8-7-26(13)21(27)18-10-15-3-4-17(24-20(15)30-18)16-9-14-5-6-25(2)22(28)19(14)23-11-16/h3-6,9-11,13H,7-8,12H2,1-2H3/t13-/m0/s1. The number of amides is 1. The number of carbonyl (C=O) groups is 1. The Morgan fingerprint density at radius 3 is 2.93 bits per heavy atom. The molecule has 0 radical (unpaired) electrons. The zero-order valence-electron chi connectivity index (χ0n) is 16.7. The van der Waals surface area contributed by atoms with Gasteiger partial charge in [-0.15, -0.1) is 11.3 Å². The number of aromatic nitrogens is 3. The minimum atomic E-state index is -0.124. The molecule has 5 heterocycles. The first-order valence-electron chi connectivity index (χ1n) is 9.76. The molecule has 0 aromatic carbocycles. The van der Waals surface area contributed by atoms with Crippen LogP contribution in [0.15, 0.2) is 47.5 Å². The maximum atomic E-state index is 13.0. The molecule has 4 aromatic rings. The van der Waals surface area contributed by atoms with E-state index in [4.69, 9.17) is 9.72 Å². The van der Waals surface area contributed by atoms with Crippen LogP contribution in [0.25, 0.3) is 32.4 Å². The van der Waals surface area contributed by atoms with Crippen molar-refractivity contribution < 1.29 is 9.53 Å². The number of carbonyl (C=O) groups excluding carboxylic acids is 1. The van der Waals surface area contributed by atoms with E-state index in [0.717, 1.165) is 26.9 Å². The molecule has 1 amide bonds. The van der Waals surface area contributed by atoms with E-state index in [1.165, 1.54) is 15.9 Å². The lowest BCUT2D eigenvalue weighted by atomic mass is 10.1. The van der Waals surface area contributed by atoms with Crippen molar-refractivity contribution in [3.8, 4) is 11.3 Å². The Hall–Kier alpha value is -3.10. The van der Waals surface area contributed by atoms with Crippen LogP contribution >= 0.6 is 11.3 Å². The summed E-state index contributed by atoms with van der Waals surface area (Å²) in [6, 6.07) is 9.66. The normalized spacial score (nSPS) is 17.0. The molecule has 4 aromatic heterocycles. The van der Waals surface area contributed by atoms with E-state index < -0.39 is 0 Å². The van der Waals surface area contributed by atoms with Gasteiger partial charge in [0.05, 0.1) is 29.8 Å². The fourth-order valence-electron chi connectivity index (χ4n) is 3.71. The first-order chi connectivity index (χ1) is 14.5. The average Bonchev–Trinajstić information content (AvgIpc) is 3.19. The van der Waals surface area contributed by atoms with Gasteiger partial charge < -0.3 is 14.2 Å². The lowest BCUT2D eigenvalue weighted by molar-refractivity contribution is 0.00387. The fraction of sp³-hybridized carbons (Fsp3) is 0.273. The molecule has 8 heteroatoms. The highest BCUT2D eigenvalue weighted by molar-refractivity contribution is 7.20. The van der Waals surface area contributed by atoms with Crippen LogP contribution in [0.5, 0.6) is 0 Å². The molecular formula is C22H20N4O3S. The summed E-state index contributed by atoms with van der Waals surface area (Å²) in [4.78, 5) is 37.6. The summed E-state index contributed by atoms with van der Waals surface area (Å²) in [6.07, 6.45) is 3.41. The van der Waals surface area contributed by atoms with E-state index in [-0.39, 0.29) is 17.5 Å². The number of hydrogen-bond acceptors (Lipinski definition) is 6. The average molecular weight is 420 g/mol. The van der Waals surface area contributed by atoms with Crippen molar-refractivity contribution in [1.82, 2.24) is 19.4 Å². The molecule has 0 saturated carbocycles. The molecule has 1 aliphatic rings. The molecule has 1 saturated heterocycles. The number of nitrogens with zero attached hydrogens (tertiary/aromatic N) is 4. The lowest BCUT2D eigenvalue weighted by Gasteiger charge is -2.32. The van der Waals surface area contributed by atoms with Crippen molar-refractivity contribution in [3.05, 3.63) is 58.0 Å². The highest BCUT2D eigenvalue weighted by Gasteiger charge is 2.26. The highest BCUT2D eigenvalue weighted by atomic mass is 32.1. The van der Waals surface area contributed by atoms with Gasteiger partial charge in [-0.2, -0.15) is 0 Å². The molecule has 152 valence electrons. The number of hydrogen-bond donors (Lipinski definition) is 0.